The van der Waals surface area contributed by atoms with E-state index in [2.05, 4.69) is 10.0 Å². The first-order chi connectivity index (χ1) is 8.22. The van der Waals surface area contributed by atoms with Crippen LogP contribution < -0.4 is 0 Å². The zero-order valence-corrected chi connectivity index (χ0v) is 9.83. The Labute approximate surface area is 100 Å². The van der Waals surface area contributed by atoms with E-state index in [0.717, 1.165) is 25.7 Å². The van der Waals surface area contributed by atoms with E-state index in [-0.39, 0.29) is 24.0 Å². The second-order valence-electron chi connectivity index (χ2n) is 4.95. The van der Waals surface area contributed by atoms with Crippen molar-refractivity contribution in [2.24, 2.45) is 11.0 Å². The smallest absolute Gasteiger partial charge is 0.223 e. The number of rotatable bonds is 3. The molecule has 1 saturated carbocycles. The molecule has 0 aromatic heterocycles. The lowest BCUT2D eigenvalue weighted by Gasteiger charge is -2.35. The molecule has 2 fully saturated rings. The van der Waals surface area contributed by atoms with Gasteiger partial charge in [-0.1, -0.05) is 18.0 Å². The van der Waals surface area contributed by atoms with Gasteiger partial charge in [0.1, 0.15) is 0 Å². The molecule has 1 aliphatic heterocycles. The van der Waals surface area contributed by atoms with Gasteiger partial charge in [-0.25, -0.2) is 0 Å². The van der Waals surface area contributed by atoms with Crippen LogP contribution in [0.15, 0.2) is 5.11 Å². The summed E-state index contributed by atoms with van der Waals surface area (Å²) in [6.07, 6.45) is 3.86. The lowest BCUT2D eigenvalue weighted by atomic mass is 9.91. The van der Waals surface area contributed by atoms with Crippen molar-refractivity contribution < 1.29 is 9.90 Å². The summed E-state index contributed by atoms with van der Waals surface area (Å²) in [5.41, 5.74) is 8.27. The fourth-order valence-electron chi connectivity index (χ4n) is 2.86. The normalized spacial score (nSPS) is 33.6. The summed E-state index contributed by atoms with van der Waals surface area (Å²) in [5.74, 6) is 0.210. The summed E-state index contributed by atoms with van der Waals surface area (Å²) >= 11 is 0. The first-order valence-corrected chi connectivity index (χ1v) is 6.20. The van der Waals surface area contributed by atoms with Crippen molar-refractivity contribution in [3.05, 3.63) is 10.4 Å². The Morgan fingerprint density at radius 1 is 1.47 bits per heavy atom. The second kappa shape index (κ2) is 5.38. The fourth-order valence-corrected chi connectivity index (χ4v) is 2.86. The SMILES string of the molecule is [N-]=[N+]=NCC1CC(=O)N(C2CCCCC2O)C1. The van der Waals surface area contributed by atoms with Gasteiger partial charge in [-0.2, -0.15) is 0 Å². The largest absolute Gasteiger partial charge is 0.391 e. The van der Waals surface area contributed by atoms with E-state index in [0.29, 0.717) is 19.5 Å². The molecule has 2 aliphatic rings. The van der Waals surface area contributed by atoms with Crippen molar-refractivity contribution >= 4 is 5.91 Å². The van der Waals surface area contributed by atoms with Crippen LogP contribution in [0.2, 0.25) is 0 Å². The number of nitrogens with zero attached hydrogens (tertiary/aromatic N) is 4. The first kappa shape index (κ1) is 12.2. The van der Waals surface area contributed by atoms with E-state index in [4.69, 9.17) is 5.53 Å². The number of amides is 1. The van der Waals surface area contributed by atoms with Crippen molar-refractivity contribution in [1.82, 2.24) is 4.90 Å². The number of carbonyl (C=O) groups excluding carboxylic acids is 1. The van der Waals surface area contributed by atoms with Gasteiger partial charge < -0.3 is 10.0 Å². The van der Waals surface area contributed by atoms with Crippen LogP contribution in [0.25, 0.3) is 10.4 Å². The minimum absolute atomic E-state index is 0.0210. The van der Waals surface area contributed by atoms with Gasteiger partial charge >= 0.3 is 0 Å². The Hall–Kier alpha value is -1.26. The van der Waals surface area contributed by atoms with Crippen LogP contribution in [0.4, 0.5) is 0 Å². The number of hydrogen-bond donors (Lipinski definition) is 1. The van der Waals surface area contributed by atoms with Gasteiger partial charge in [0, 0.05) is 24.4 Å². The lowest BCUT2D eigenvalue weighted by molar-refractivity contribution is -0.133. The predicted molar refractivity (Wildman–Crippen MR) is 62.1 cm³/mol. The highest BCUT2D eigenvalue weighted by Gasteiger charge is 2.37. The van der Waals surface area contributed by atoms with Gasteiger partial charge in [0.25, 0.3) is 0 Å². The Kier molecular flexibility index (Phi) is 3.86. The minimum Gasteiger partial charge on any atom is -0.391 e. The highest BCUT2D eigenvalue weighted by molar-refractivity contribution is 5.79. The molecule has 0 bridgehead atoms. The third-order valence-electron chi connectivity index (χ3n) is 3.74. The number of likely N-dealkylation sites (tertiary alicyclic amines) is 1. The molecule has 6 heteroatoms. The molecule has 1 amide bonds. The maximum atomic E-state index is 11.9. The Morgan fingerprint density at radius 2 is 2.24 bits per heavy atom. The third kappa shape index (κ3) is 2.70. The van der Waals surface area contributed by atoms with Crippen LogP contribution in [-0.4, -0.2) is 41.1 Å². The van der Waals surface area contributed by atoms with Crippen LogP contribution in [-0.2, 0) is 4.79 Å². The van der Waals surface area contributed by atoms with Crippen molar-refractivity contribution in [2.75, 3.05) is 13.1 Å². The molecule has 17 heavy (non-hydrogen) atoms. The molecular formula is C11H18N4O2. The molecule has 1 N–H and O–H groups in total. The number of azide groups is 1. The van der Waals surface area contributed by atoms with Crippen molar-refractivity contribution in [2.45, 2.75) is 44.2 Å². The zero-order valence-electron chi connectivity index (χ0n) is 9.83. The number of carbonyl (C=O) groups is 1. The summed E-state index contributed by atoms with van der Waals surface area (Å²) in [5, 5.41) is 13.5. The predicted octanol–water partition coefficient (Wildman–Crippen LogP) is 1.45. The average Bonchev–Trinajstić information content (AvgIpc) is 2.68. The molecule has 0 aromatic carbocycles. The third-order valence-corrected chi connectivity index (χ3v) is 3.74. The molecule has 3 unspecified atom stereocenters. The average molecular weight is 238 g/mol. The molecule has 6 nitrogen and oxygen atoms in total. The van der Waals surface area contributed by atoms with Crippen LogP contribution in [0.3, 0.4) is 0 Å². The van der Waals surface area contributed by atoms with E-state index >= 15 is 0 Å². The molecule has 1 aliphatic carbocycles. The Balaban J connectivity index is 1.96. The molecular weight excluding hydrogens is 220 g/mol. The monoisotopic (exact) mass is 238 g/mol. The number of aliphatic hydroxyl groups is 1. The van der Waals surface area contributed by atoms with Gasteiger partial charge in [0.2, 0.25) is 5.91 Å². The van der Waals surface area contributed by atoms with E-state index in [1.165, 1.54) is 0 Å². The van der Waals surface area contributed by atoms with Crippen molar-refractivity contribution in [1.29, 1.82) is 0 Å². The van der Waals surface area contributed by atoms with E-state index in [9.17, 15) is 9.90 Å². The zero-order chi connectivity index (χ0) is 12.3. The molecule has 0 aromatic rings. The summed E-state index contributed by atoms with van der Waals surface area (Å²) in [6, 6.07) is -0.0210. The van der Waals surface area contributed by atoms with Gasteiger partial charge in [-0.3, -0.25) is 4.79 Å². The van der Waals surface area contributed by atoms with Gasteiger partial charge in [0.05, 0.1) is 12.1 Å². The summed E-state index contributed by atoms with van der Waals surface area (Å²) in [6.45, 7) is 1.00. The Morgan fingerprint density at radius 3 is 2.94 bits per heavy atom. The van der Waals surface area contributed by atoms with Crippen molar-refractivity contribution in [3.63, 3.8) is 0 Å². The highest BCUT2D eigenvalue weighted by atomic mass is 16.3. The molecule has 1 heterocycles. The van der Waals surface area contributed by atoms with Crippen LogP contribution >= 0.6 is 0 Å². The maximum Gasteiger partial charge on any atom is 0.223 e. The topological polar surface area (TPSA) is 89.3 Å². The molecule has 3 atom stereocenters. The van der Waals surface area contributed by atoms with Gasteiger partial charge in [-0.05, 0) is 24.3 Å². The minimum atomic E-state index is -0.383. The summed E-state index contributed by atoms with van der Waals surface area (Å²) < 4.78 is 0. The molecule has 0 radical (unpaired) electrons. The van der Waals surface area contributed by atoms with E-state index in [1.54, 1.807) is 4.90 Å². The first-order valence-electron chi connectivity index (χ1n) is 6.20. The molecule has 94 valence electrons. The summed E-state index contributed by atoms with van der Waals surface area (Å²) in [7, 11) is 0. The lowest BCUT2D eigenvalue weighted by Crippen LogP contribution is -2.46. The molecule has 2 rings (SSSR count). The molecule has 1 saturated heterocycles. The highest BCUT2D eigenvalue weighted by Crippen LogP contribution is 2.29. The molecule has 0 spiro atoms. The van der Waals surface area contributed by atoms with Crippen LogP contribution in [0.5, 0.6) is 0 Å². The number of aliphatic hydroxyl groups excluding tert-OH is 1. The quantitative estimate of drug-likeness (QED) is 0.458. The number of hydrogen-bond acceptors (Lipinski definition) is 3. The van der Waals surface area contributed by atoms with Gasteiger partial charge in [-0.15, -0.1) is 0 Å². The van der Waals surface area contributed by atoms with E-state index in [1.807, 2.05) is 0 Å². The standard InChI is InChI=1S/C11H18N4O2/c12-14-13-6-8-5-11(17)15(7-8)9-3-1-2-4-10(9)16/h8-10,16H,1-7H2. The van der Waals surface area contributed by atoms with Crippen LogP contribution in [0, 0.1) is 5.92 Å². The summed E-state index contributed by atoms with van der Waals surface area (Å²) in [4.78, 5) is 16.4. The van der Waals surface area contributed by atoms with Crippen LogP contribution in [0.1, 0.15) is 32.1 Å². The van der Waals surface area contributed by atoms with Crippen molar-refractivity contribution in [3.8, 4) is 0 Å². The second-order valence-corrected chi connectivity index (χ2v) is 4.95. The van der Waals surface area contributed by atoms with E-state index < -0.39 is 0 Å². The van der Waals surface area contributed by atoms with Gasteiger partial charge in [0.15, 0.2) is 0 Å². The Bertz CT molecular complexity index is 340. The maximum absolute atomic E-state index is 11.9. The fraction of sp³-hybridized carbons (Fsp3) is 0.909.